The zero-order valence-corrected chi connectivity index (χ0v) is 9.18. The van der Waals surface area contributed by atoms with Gasteiger partial charge in [-0.25, -0.2) is 0 Å². The first-order chi connectivity index (χ1) is 2.56. The van der Waals surface area contributed by atoms with Crippen LogP contribution >= 0.6 is 11.9 Å². The molecule has 0 bridgehead atoms. The van der Waals surface area contributed by atoms with Gasteiger partial charge in [-0.2, -0.15) is 8.42 Å². The molecule has 0 aromatic heterocycles. The molecule has 0 aliphatic carbocycles. The van der Waals surface area contributed by atoms with Crippen molar-refractivity contribution in [1.82, 2.24) is 0 Å². The maximum absolute atomic E-state index is 9.20. The summed E-state index contributed by atoms with van der Waals surface area (Å²) in [6, 6.07) is 0. The van der Waals surface area contributed by atoms with Crippen molar-refractivity contribution in [2.24, 2.45) is 0 Å². The predicted molar refractivity (Wildman–Crippen MR) is 26.5 cm³/mol. The monoisotopic (exact) mass is 272 g/mol. The maximum atomic E-state index is 9.20. The SMILES string of the molecule is O=S(=O)(O)OCl.[Ba+2].[H-].[H-]. The third-order valence-electron chi connectivity index (χ3n) is 0.0796. The molecule has 0 aliphatic rings. The summed E-state index contributed by atoms with van der Waals surface area (Å²) >= 11 is 4.14. The van der Waals surface area contributed by atoms with E-state index in [1.54, 1.807) is 0 Å². The molecule has 0 unspecified atom stereocenters. The topological polar surface area (TPSA) is 63.6 Å². The van der Waals surface area contributed by atoms with Gasteiger partial charge in [0.05, 0.1) is 11.9 Å². The van der Waals surface area contributed by atoms with Crippen molar-refractivity contribution in [1.29, 1.82) is 0 Å². The Hall–Kier alpha value is 1.73. The Kier molecular flexibility index (Phi) is 7.56. The van der Waals surface area contributed by atoms with Gasteiger partial charge in [0.2, 0.25) is 0 Å². The summed E-state index contributed by atoms with van der Waals surface area (Å²) in [6.45, 7) is 0. The largest absolute Gasteiger partial charge is 2.00 e. The molecule has 7 heavy (non-hydrogen) atoms. The van der Waals surface area contributed by atoms with E-state index in [-0.39, 0.29) is 51.7 Å². The van der Waals surface area contributed by atoms with Crippen molar-refractivity contribution in [3.8, 4) is 0 Å². The van der Waals surface area contributed by atoms with Crippen molar-refractivity contribution < 1.29 is 19.6 Å². The van der Waals surface area contributed by atoms with Crippen molar-refractivity contribution in [2.75, 3.05) is 0 Å². The Morgan fingerprint density at radius 3 is 1.86 bits per heavy atom. The van der Waals surface area contributed by atoms with Crippen LogP contribution in [-0.4, -0.2) is 61.9 Å². The first-order valence-corrected chi connectivity index (χ1v) is 2.51. The smallest absolute Gasteiger partial charge is 1.00 e. The van der Waals surface area contributed by atoms with E-state index in [4.69, 9.17) is 4.55 Å². The molecule has 0 radical (unpaired) electrons. The van der Waals surface area contributed by atoms with Gasteiger partial charge in [-0.3, -0.25) is 4.55 Å². The molecular weight excluding hydrogens is 269 g/mol. The maximum Gasteiger partial charge on any atom is 2.00 e. The van der Waals surface area contributed by atoms with Crippen LogP contribution in [0.2, 0.25) is 0 Å². The molecule has 4 nitrogen and oxygen atoms in total. The van der Waals surface area contributed by atoms with E-state index in [1.165, 1.54) is 0 Å². The minimum Gasteiger partial charge on any atom is -1.00 e. The van der Waals surface area contributed by atoms with Gasteiger partial charge in [0.1, 0.15) is 0 Å². The second kappa shape index (κ2) is 4.60. The first kappa shape index (κ1) is 11.5. The Balaban J connectivity index is -0.0000000417. The molecule has 7 heteroatoms. The molecule has 0 heterocycles. The normalized spacial score (nSPS) is 10.0. The fraction of sp³-hybridized carbons (Fsp3) is 0. The van der Waals surface area contributed by atoms with Crippen LogP contribution in [-0.2, 0) is 14.1 Å². The third-order valence-corrected chi connectivity index (χ3v) is 0.716. The van der Waals surface area contributed by atoms with Gasteiger partial charge in [0, 0.05) is 0 Å². The van der Waals surface area contributed by atoms with E-state index in [2.05, 4.69) is 15.6 Å². The summed E-state index contributed by atoms with van der Waals surface area (Å²) in [7, 11) is -4.40. The predicted octanol–water partition coefficient (Wildman–Crippen LogP) is -0.196. The number of halogens is 1. The van der Waals surface area contributed by atoms with Gasteiger partial charge < -0.3 is 2.85 Å². The Bertz CT molecular complexity index is 121. The summed E-state index contributed by atoms with van der Waals surface area (Å²) in [5.41, 5.74) is 0. The van der Waals surface area contributed by atoms with Gasteiger partial charge in [-0.1, -0.05) is 0 Å². The molecule has 0 aliphatic heterocycles. The number of hydrogen-bond acceptors (Lipinski definition) is 3. The van der Waals surface area contributed by atoms with Crippen molar-refractivity contribution in [3.63, 3.8) is 0 Å². The van der Waals surface area contributed by atoms with Gasteiger partial charge >= 0.3 is 59.3 Å². The van der Waals surface area contributed by atoms with Gasteiger partial charge in [0.15, 0.2) is 0 Å². The first-order valence-electron chi connectivity index (χ1n) is 0.837. The Morgan fingerprint density at radius 2 is 1.86 bits per heavy atom. The molecule has 0 spiro atoms. The standard InChI is InChI=1S/Ba.ClHO4S.2H/c;1-5-6(2,3)4;;/h;(H,2,3,4);;/q+2;;2*-1. The molecule has 0 fully saturated rings. The molecule has 1 N–H and O–H groups in total. The molecule has 0 saturated carbocycles. The zero-order valence-electron chi connectivity index (χ0n) is 5.17. The van der Waals surface area contributed by atoms with Gasteiger partial charge in [-0.05, 0) is 0 Å². The van der Waals surface area contributed by atoms with Crippen LogP contribution in [0.3, 0.4) is 0 Å². The number of hydrogen-bond donors (Lipinski definition) is 1. The molecule has 0 rings (SSSR count). The Morgan fingerprint density at radius 1 is 1.71 bits per heavy atom. The minimum atomic E-state index is -4.40. The molecular formula is H3BaClO4S. The van der Waals surface area contributed by atoms with Gasteiger partial charge in [0.25, 0.3) is 0 Å². The second-order valence-corrected chi connectivity index (χ2v) is 1.85. The molecule has 0 aromatic carbocycles. The molecule has 42 valence electrons. The van der Waals surface area contributed by atoms with E-state index in [9.17, 15) is 8.42 Å². The average Bonchev–Trinajstić information content (AvgIpc) is 1.35. The molecule has 0 aromatic rings. The minimum absolute atomic E-state index is 0. The van der Waals surface area contributed by atoms with E-state index in [0.717, 1.165) is 0 Å². The number of rotatable bonds is 1. The van der Waals surface area contributed by atoms with E-state index >= 15 is 0 Å². The van der Waals surface area contributed by atoms with Gasteiger partial charge in [-0.15, -0.1) is 3.74 Å². The Labute approximate surface area is 89.3 Å². The van der Waals surface area contributed by atoms with E-state index in [1.807, 2.05) is 0 Å². The molecule has 0 atom stereocenters. The third kappa shape index (κ3) is 11.3. The fourth-order valence-corrected chi connectivity index (χ4v) is 0. The summed E-state index contributed by atoms with van der Waals surface area (Å²) in [6.07, 6.45) is 0. The van der Waals surface area contributed by atoms with E-state index < -0.39 is 10.4 Å². The van der Waals surface area contributed by atoms with Crippen LogP contribution in [0.4, 0.5) is 0 Å². The fourth-order valence-electron chi connectivity index (χ4n) is 0. The van der Waals surface area contributed by atoms with Crippen LogP contribution in [0, 0.1) is 0 Å². The quantitative estimate of drug-likeness (QED) is 0.530. The van der Waals surface area contributed by atoms with Crippen LogP contribution in [0.25, 0.3) is 0 Å². The summed E-state index contributed by atoms with van der Waals surface area (Å²) < 4.78 is 28.8. The second-order valence-electron chi connectivity index (χ2n) is 0.491. The van der Waals surface area contributed by atoms with Crippen LogP contribution < -0.4 is 0 Å². The van der Waals surface area contributed by atoms with Crippen molar-refractivity contribution >= 4 is 71.1 Å². The summed E-state index contributed by atoms with van der Waals surface area (Å²) in [4.78, 5) is 0. The molecule has 0 saturated heterocycles. The van der Waals surface area contributed by atoms with Crippen molar-refractivity contribution in [2.45, 2.75) is 0 Å². The van der Waals surface area contributed by atoms with Crippen molar-refractivity contribution in [3.05, 3.63) is 0 Å². The summed E-state index contributed by atoms with van der Waals surface area (Å²) in [5, 5.41) is 0. The summed E-state index contributed by atoms with van der Waals surface area (Å²) in [5.74, 6) is 0. The zero-order chi connectivity index (χ0) is 5.21. The van der Waals surface area contributed by atoms with Crippen LogP contribution in [0.1, 0.15) is 2.85 Å². The molecule has 0 amide bonds. The van der Waals surface area contributed by atoms with Crippen LogP contribution in [0.5, 0.6) is 0 Å². The van der Waals surface area contributed by atoms with Crippen LogP contribution in [0.15, 0.2) is 0 Å². The van der Waals surface area contributed by atoms with E-state index in [0.29, 0.717) is 0 Å². The average molecular weight is 272 g/mol.